The largest absolute Gasteiger partial charge is 0.381 e. The summed E-state index contributed by atoms with van der Waals surface area (Å²) in [5.41, 5.74) is 0.569. The van der Waals surface area contributed by atoms with Crippen molar-refractivity contribution in [2.45, 2.75) is 39.7 Å². The highest BCUT2D eigenvalue weighted by Gasteiger charge is 2.30. The van der Waals surface area contributed by atoms with Crippen LogP contribution in [-0.2, 0) is 4.79 Å². The number of anilines is 1. The van der Waals surface area contributed by atoms with Crippen LogP contribution in [0.1, 0.15) is 33.6 Å². The minimum atomic E-state index is -0.336. The minimum absolute atomic E-state index is 0.197. The lowest BCUT2D eigenvalue weighted by atomic mass is 9.93. The van der Waals surface area contributed by atoms with Crippen molar-refractivity contribution in [3.63, 3.8) is 0 Å². The summed E-state index contributed by atoms with van der Waals surface area (Å²) in [6.07, 6.45) is 2.03. The first kappa shape index (κ1) is 14.8. The predicted molar refractivity (Wildman–Crippen MR) is 79.1 cm³/mol. The number of nitrogens with one attached hydrogen (secondary N) is 1. The third-order valence-corrected chi connectivity index (χ3v) is 3.57. The molecule has 0 spiro atoms. The number of carbonyl (C=O) groups excluding carboxylic acids is 1. The second kappa shape index (κ2) is 5.81. The lowest BCUT2D eigenvalue weighted by molar-refractivity contribution is -0.140. The Labute approximate surface area is 120 Å². The number of hydrogen-bond donors (Lipinski definition) is 1. The Morgan fingerprint density at radius 2 is 1.95 bits per heavy atom. The van der Waals surface area contributed by atoms with Gasteiger partial charge in [-0.25, -0.2) is 4.39 Å². The van der Waals surface area contributed by atoms with Crippen LogP contribution < -0.4 is 5.32 Å². The molecule has 1 aliphatic rings. The van der Waals surface area contributed by atoms with Crippen molar-refractivity contribution >= 4 is 11.6 Å². The molecule has 1 aromatic carbocycles. The standard InChI is InChI=1S/C16H23FN2O/c1-16(2,3)15(20)19-10-4-5-14(11-19)18-13-8-6-12(17)7-9-13/h6-9,14,18H,4-5,10-11H2,1-3H3/t14-/m0/s1. The van der Waals surface area contributed by atoms with Gasteiger partial charge < -0.3 is 10.2 Å². The quantitative estimate of drug-likeness (QED) is 0.900. The van der Waals surface area contributed by atoms with E-state index in [-0.39, 0.29) is 23.2 Å². The van der Waals surface area contributed by atoms with E-state index in [4.69, 9.17) is 0 Å². The summed E-state index contributed by atoms with van der Waals surface area (Å²) < 4.78 is 12.9. The van der Waals surface area contributed by atoms with Crippen LogP contribution in [0.2, 0.25) is 0 Å². The molecule has 3 nitrogen and oxygen atoms in total. The Morgan fingerprint density at radius 3 is 2.55 bits per heavy atom. The Hall–Kier alpha value is -1.58. The van der Waals surface area contributed by atoms with Gasteiger partial charge in [-0.15, -0.1) is 0 Å². The summed E-state index contributed by atoms with van der Waals surface area (Å²) in [4.78, 5) is 14.2. The second-order valence-electron chi connectivity index (χ2n) is 6.49. The molecular weight excluding hydrogens is 255 g/mol. The van der Waals surface area contributed by atoms with Crippen molar-refractivity contribution in [1.29, 1.82) is 0 Å². The lowest BCUT2D eigenvalue weighted by Crippen LogP contribution is -2.48. The molecule has 0 aliphatic carbocycles. The third kappa shape index (κ3) is 3.71. The van der Waals surface area contributed by atoms with Crippen LogP contribution in [0.5, 0.6) is 0 Å². The number of halogens is 1. The zero-order chi connectivity index (χ0) is 14.8. The molecule has 0 radical (unpaired) electrons. The molecule has 1 aromatic rings. The van der Waals surface area contributed by atoms with E-state index in [1.807, 2.05) is 25.7 Å². The Bertz CT molecular complexity index is 464. The van der Waals surface area contributed by atoms with Crippen molar-refractivity contribution in [3.8, 4) is 0 Å². The molecule has 0 aromatic heterocycles. The van der Waals surface area contributed by atoms with Crippen LogP contribution in [0.15, 0.2) is 24.3 Å². The zero-order valence-electron chi connectivity index (χ0n) is 12.4. The normalized spacial score (nSPS) is 19.8. The maximum absolute atomic E-state index is 12.9. The van der Waals surface area contributed by atoms with Crippen LogP contribution >= 0.6 is 0 Å². The molecule has 1 N–H and O–H groups in total. The molecule has 1 heterocycles. The van der Waals surface area contributed by atoms with Gasteiger partial charge in [0.1, 0.15) is 5.82 Å². The monoisotopic (exact) mass is 278 g/mol. The Kier molecular flexibility index (Phi) is 4.31. The van der Waals surface area contributed by atoms with Gasteiger partial charge in [0.05, 0.1) is 0 Å². The minimum Gasteiger partial charge on any atom is -0.381 e. The van der Waals surface area contributed by atoms with Gasteiger partial charge in [0.25, 0.3) is 0 Å². The van der Waals surface area contributed by atoms with Crippen molar-refractivity contribution in [3.05, 3.63) is 30.1 Å². The molecule has 1 amide bonds. The van der Waals surface area contributed by atoms with Gasteiger partial charge in [-0.2, -0.15) is 0 Å². The first-order chi connectivity index (χ1) is 9.36. The summed E-state index contributed by atoms with van der Waals surface area (Å²) in [7, 11) is 0. The van der Waals surface area contributed by atoms with Gasteiger partial charge in [0.2, 0.25) is 5.91 Å². The molecular formula is C16H23FN2O. The number of benzene rings is 1. The summed E-state index contributed by atoms with van der Waals surface area (Å²) in [6, 6.07) is 6.60. The third-order valence-electron chi connectivity index (χ3n) is 3.57. The summed E-state index contributed by atoms with van der Waals surface area (Å²) in [5.74, 6) is -0.0353. The lowest BCUT2D eigenvalue weighted by Gasteiger charge is -2.37. The fraction of sp³-hybridized carbons (Fsp3) is 0.562. The Balaban J connectivity index is 1.97. The molecule has 110 valence electrons. The molecule has 2 rings (SSSR count). The molecule has 1 aliphatic heterocycles. The highest BCUT2D eigenvalue weighted by atomic mass is 19.1. The van der Waals surface area contributed by atoms with Crippen molar-refractivity contribution < 1.29 is 9.18 Å². The molecule has 4 heteroatoms. The van der Waals surface area contributed by atoms with Crippen molar-refractivity contribution in [2.75, 3.05) is 18.4 Å². The molecule has 1 atom stereocenters. The van der Waals surface area contributed by atoms with Gasteiger partial charge in [0, 0.05) is 30.2 Å². The van der Waals surface area contributed by atoms with Gasteiger partial charge in [-0.1, -0.05) is 20.8 Å². The summed E-state index contributed by atoms with van der Waals surface area (Å²) in [6.45, 7) is 7.40. The smallest absolute Gasteiger partial charge is 0.228 e. The van der Waals surface area contributed by atoms with Gasteiger partial charge in [-0.3, -0.25) is 4.79 Å². The number of nitrogens with zero attached hydrogens (tertiary/aromatic N) is 1. The SMILES string of the molecule is CC(C)(C)C(=O)N1CCC[C@H](Nc2ccc(F)cc2)C1. The summed E-state index contributed by atoms with van der Waals surface area (Å²) >= 11 is 0. The number of piperidine rings is 1. The van der Waals surface area contributed by atoms with Crippen LogP contribution in [0, 0.1) is 11.2 Å². The average Bonchev–Trinajstić information content (AvgIpc) is 2.40. The van der Waals surface area contributed by atoms with E-state index in [2.05, 4.69) is 5.32 Å². The fourth-order valence-electron chi connectivity index (χ4n) is 2.54. The molecule has 0 bridgehead atoms. The number of carbonyl (C=O) groups is 1. The highest BCUT2D eigenvalue weighted by molar-refractivity contribution is 5.81. The van der Waals surface area contributed by atoms with Crippen LogP contribution in [0.4, 0.5) is 10.1 Å². The molecule has 0 saturated carbocycles. The van der Waals surface area contributed by atoms with E-state index in [0.717, 1.165) is 25.1 Å². The first-order valence-electron chi connectivity index (χ1n) is 7.18. The van der Waals surface area contributed by atoms with E-state index in [1.165, 1.54) is 12.1 Å². The number of likely N-dealkylation sites (tertiary alicyclic amines) is 1. The fourth-order valence-corrected chi connectivity index (χ4v) is 2.54. The van der Waals surface area contributed by atoms with Gasteiger partial charge >= 0.3 is 0 Å². The van der Waals surface area contributed by atoms with Crippen molar-refractivity contribution in [1.82, 2.24) is 4.90 Å². The number of amides is 1. The van der Waals surface area contributed by atoms with Crippen LogP contribution in [0.25, 0.3) is 0 Å². The second-order valence-corrected chi connectivity index (χ2v) is 6.49. The predicted octanol–water partition coefficient (Wildman–Crippen LogP) is 3.27. The zero-order valence-corrected chi connectivity index (χ0v) is 12.4. The topological polar surface area (TPSA) is 32.3 Å². The van der Waals surface area contributed by atoms with Gasteiger partial charge in [0.15, 0.2) is 0 Å². The molecule has 1 saturated heterocycles. The first-order valence-corrected chi connectivity index (χ1v) is 7.18. The average molecular weight is 278 g/mol. The molecule has 20 heavy (non-hydrogen) atoms. The van der Waals surface area contributed by atoms with E-state index >= 15 is 0 Å². The van der Waals surface area contributed by atoms with Gasteiger partial charge in [-0.05, 0) is 37.1 Å². The van der Waals surface area contributed by atoms with E-state index in [1.54, 1.807) is 12.1 Å². The highest BCUT2D eigenvalue weighted by Crippen LogP contribution is 2.22. The molecule has 0 unspecified atom stereocenters. The maximum Gasteiger partial charge on any atom is 0.228 e. The summed E-state index contributed by atoms with van der Waals surface area (Å²) in [5, 5.41) is 3.38. The van der Waals surface area contributed by atoms with E-state index < -0.39 is 0 Å². The van der Waals surface area contributed by atoms with E-state index in [0.29, 0.717) is 6.54 Å². The number of rotatable bonds is 2. The number of hydrogen-bond acceptors (Lipinski definition) is 2. The maximum atomic E-state index is 12.9. The van der Waals surface area contributed by atoms with E-state index in [9.17, 15) is 9.18 Å². The van der Waals surface area contributed by atoms with Crippen LogP contribution in [-0.4, -0.2) is 29.9 Å². The molecule has 1 fully saturated rings. The van der Waals surface area contributed by atoms with Crippen LogP contribution in [0.3, 0.4) is 0 Å². The van der Waals surface area contributed by atoms with Crippen molar-refractivity contribution in [2.24, 2.45) is 5.41 Å². The Morgan fingerprint density at radius 1 is 1.30 bits per heavy atom.